The predicted molar refractivity (Wildman–Crippen MR) is 104 cm³/mol. The van der Waals surface area contributed by atoms with Crippen molar-refractivity contribution in [3.8, 4) is 6.07 Å². The molecule has 1 aliphatic carbocycles. The van der Waals surface area contributed by atoms with Gasteiger partial charge in [0.25, 0.3) is 0 Å². The lowest BCUT2D eigenvalue weighted by molar-refractivity contribution is -0.152. The minimum atomic E-state index is -0.167. The molecule has 2 atom stereocenters. The smallest absolute Gasteiger partial charge is 0.223 e. The Morgan fingerprint density at radius 2 is 2.27 bits per heavy atom. The Balaban J connectivity index is 1.49. The molecule has 0 N–H and O–H groups in total. The maximum absolute atomic E-state index is 13.0. The molecule has 26 heavy (non-hydrogen) atoms. The van der Waals surface area contributed by atoms with Crippen molar-refractivity contribution in [3.05, 3.63) is 28.2 Å². The van der Waals surface area contributed by atoms with Gasteiger partial charge in [-0.25, -0.2) is 4.98 Å². The quantitative estimate of drug-likeness (QED) is 0.730. The van der Waals surface area contributed by atoms with Gasteiger partial charge in [-0.05, 0) is 43.9 Å². The normalized spacial score (nSPS) is 28.5. The first-order chi connectivity index (χ1) is 12.4. The van der Waals surface area contributed by atoms with Crippen molar-refractivity contribution in [2.75, 3.05) is 0 Å². The van der Waals surface area contributed by atoms with Gasteiger partial charge in [0, 0.05) is 29.4 Å². The maximum atomic E-state index is 13.0. The number of carbonyl (C=O) groups excluding carboxylic acids is 1. The van der Waals surface area contributed by atoms with Crippen LogP contribution < -0.4 is 0 Å². The Morgan fingerprint density at radius 3 is 2.96 bits per heavy atom. The Kier molecular flexibility index (Phi) is 4.45. The van der Waals surface area contributed by atoms with Gasteiger partial charge in [0.15, 0.2) is 0 Å². The number of hydrogen-bond donors (Lipinski definition) is 0. The number of piperidine rings is 2. The number of benzene rings is 1. The number of halogens is 1. The van der Waals surface area contributed by atoms with Crippen LogP contribution >= 0.6 is 22.9 Å². The molecule has 136 valence electrons. The van der Waals surface area contributed by atoms with Gasteiger partial charge in [0.2, 0.25) is 5.91 Å². The van der Waals surface area contributed by atoms with E-state index in [1.54, 1.807) is 11.3 Å². The van der Waals surface area contributed by atoms with Crippen molar-refractivity contribution in [1.82, 2.24) is 9.88 Å². The van der Waals surface area contributed by atoms with Crippen LogP contribution in [0, 0.1) is 16.7 Å². The molecule has 1 aromatic carbocycles. The topological polar surface area (TPSA) is 57.0 Å². The van der Waals surface area contributed by atoms with Crippen LogP contribution in [0.4, 0.5) is 0 Å². The van der Waals surface area contributed by atoms with Gasteiger partial charge in [-0.1, -0.05) is 25.4 Å². The summed E-state index contributed by atoms with van der Waals surface area (Å²) in [6.45, 7) is 4.18. The minimum absolute atomic E-state index is 0.0823. The van der Waals surface area contributed by atoms with Crippen LogP contribution in [0.1, 0.15) is 56.9 Å². The monoisotopic (exact) mass is 387 g/mol. The Bertz CT molecular complexity index is 896. The molecule has 4 nitrogen and oxygen atoms in total. The van der Waals surface area contributed by atoms with E-state index < -0.39 is 0 Å². The number of aromatic nitrogens is 1. The Morgan fingerprint density at radius 1 is 1.50 bits per heavy atom. The van der Waals surface area contributed by atoms with Crippen molar-refractivity contribution < 1.29 is 4.79 Å². The van der Waals surface area contributed by atoms with Crippen LogP contribution in [0.2, 0.25) is 5.02 Å². The van der Waals surface area contributed by atoms with Crippen LogP contribution in [-0.4, -0.2) is 27.9 Å². The molecule has 6 heteroatoms. The highest BCUT2D eigenvalue weighted by Gasteiger charge is 2.55. The average molecular weight is 388 g/mol. The fourth-order valence-corrected chi connectivity index (χ4v) is 5.81. The van der Waals surface area contributed by atoms with E-state index in [2.05, 4.69) is 24.8 Å². The van der Waals surface area contributed by atoms with E-state index in [-0.39, 0.29) is 29.3 Å². The number of nitrogens with zero attached hydrogens (tertiary/aromatic N) is 3. The molecule has 0 radical (unpaired) electrons. The molecular weight excluding hydrogens is 366 g/mol. The van der Waals surface area contributed by atoms with E-state index in [1.807, 2.05) is 18.2 Å². The molecule has 3 fully saturated rings. The lowest BCUT2D eigenvalue weighted by Gasteiger charge is -2.58. The second-order valence-corrected chi connectivity index (χ2v) is 9.29. The molecule has 0 spiro atoms. The van der Waals surface area contributed by atoms with Crippen molar-refractivity contribution >= 4 is 39.1 Å². The summed E-state index contributed by atoms with van der Waals surface area (Å²) in [7, 11) is 0. The summed E-state index contributed by atoms with van der Waals surface area (Å²) in [4.78, 5) is 19.8. The lowest BCUT2D eigenvalue weighted by Crippen LogP contribution is -2.63. The summed E-state index contributed by atoms with van der Waals surface area (Å²) >= 11 is 7.68. The van der Waals surface area contributed by atoms with Crippen LogP contribution in [-0.2, 0) is 4.79 Å². The highest BCUT2D eigenvalue weighted by Crippen LogP contribution is 2.53. The molecule has 1 amide bonds. The van der Waals surface area contributed by atoms with Gasteiger partial charge in [-0.15, -0.1) is 11.3 Å². The van der Waals surface area contributed by atoms with E-state index >= 15 is 0 Å². The highest BCUT2D eigenvalue weighted by molar-refractivity contribution is 7.18. The van der Waals surface area contributed by atoms with E-state index in [4.69, 9.17) is 16.6 Å². The molecule has 2 aliphatic heterocycles. The number of fused-ring (bicyclic) bond motifs is 3. The van der Waals surface area contributed by atoms with Gasteiger partial charge in [-0.3, -0.25) is 4.79 Å². The molecule has 3 aliphatic rings. The maximum Gasteiger partial charge on any atom is 0.223 e. The highest BCUT2D eigenvalue weighted by atomic mass is 35.5. The second kappa shape index (κ2) is 6.51. The molecular formula is C20H22ClN3OS. The molecule has 1 aromatic heterocycles. The molecule has 2 aromatic rings. The van der Waals surface area contributed by atoms with Crippen LogP contribution in [0.25, 0.3) is 10.2 Å². The van der Waals surface area contributed by atoms with E-state index in [0.717, 1.165) is 40.9 Å². The summed E-state index contributed by atoms with van der Waals surface area (Å²) in [5.74, 6) is 0.289. The zero-order valence-electron chi connectivity index (χ0n) is 15.0. The fraction of sp³-hybridized carbons (Fsp3) is 0.550. The Hall–Kier alpha value is -1.64. The van der Waals surface area contributed by atoms with Crippen molar-refractivity contribution in [3.63, 3.8) is 0 Å². The summed E-state index contributed by atoms with van der Waals surface area (Å²) in [6.07, 6.45) is 3.91. The largest absolute Gasteiger partial charge is 0.337 e. The number of hydrogen-bond acceptors (Lipinski definition) is 4. The third kappa shape index (κ3) is 2.90. The van der Waals surface area contributed by atoms with Gasteiger partial charge in [-0.2, -0.15) is 5.26 Å². The summed E-state index contributed by atoms with van der Waals surface area (Å²) in [5.41, 5.74) is 0.774. The molecule has 3 heterocycles. The first kappa shape index (κ1) is 17.8. The molecule has 2 bridgehead atoms. The summed E-state index contributed by atoms with van der Waals surface area (Å²) in [6, 6.07) is 8.66. The predicted octanol–water partition coefficient (Wildman–Crippen LogP) is 5.13. The average Bonchev–Trinajstić information content (AvgIpc) is 3.03. The molecule has 2 unspecified atom stereocenters. The zero-order chi connectivity index (χ0) is 18.5. The first-order valence-corrected chi connectivity index (χ1v) is 10.4. The number of rotatable bonds is 4. The van der Waals surface area contributed by atoms with Crippen LogP contribution in [0.5, 0.6) is 0 Å². The van der Waals surface area contributed by atoms with E-state index in [1.165, 1.54) is 0 Å². The van der Waals surface area contributed by atoms with Gasteiger partial charge < -0.3 is 4.90 Å². The summed E-state index contributed by atoms with van der Waals surface area (Å²) in [5, 5.41) is 11.1. The Labute approximate surface area is 162 Å². The van der Waals surface area contributed by atoms with Gasteiger partial charge >= 0.3 is 0 Å². The third-order valence-corrected chi connectivity index (χ3v) is 7.42. The zero-order valence-corrected chi connectivity index (χ0v) is 16.6. The van der Waals surface area contributed by atoms with Gasteiger partial charge in [0.05, 0.1) is 26.7 Å². The fourth-order valence-electron chi connectivity index (χ4n) is 4.52. The van der Waals surface area contributed by atoms with E-state index in [0.29, 0.717) is 11.4 Å². The summed E-state index contributed by atoms with van der Waals surface area (Å²) < 4.78 is 1.06. The van der Waals surface area contributed by atoms with Crippen molar-refractivity contribution in [2.24, 2.45) is 5.41 Å². The van der Waals surface area contributed by atoms with Crippen LogP contribution in [0.3, 0.4) is 0 Å². The molecule has 1 saturated carbocycles. The van der Waals surface area contributed by atoms with Crippen molar-refractivity contribution in [2.45, 2.75) is 64.0 Å². The van der Waals surface area contributed by atoms with E-state index in [9.17, 15) is 10.1 Å². The number of nitriles is 1. The standard InChI is InChI=1S/C20H22ClN3OS/c1-3-14-8-20(11-22)9-15(10-20)24(14)18(25)6-12(2)19-23-16-5-4-13(21)7-17(16)26-19/h4-5,7,12,14-15H,3,6,8-10H2,1-2H3. The first-order valence-electron chi connectivity index (χ1n) is 9.23. The van der Waals surface area contributed by atoms with Crippen LogP contribution in [0.15, 0.2) is 18.2 Å². The molecule has 2 saturated heterocycles. The number of thiazole rings is 1. The second-order valence-electron chi connectivity index (χ2n) is 7.79. The number of carbonyl (C=O) groups is 1. The third-order valence-electron chi connectivity index (χ3n) is 5.93. The lowest BCUT2D eigenvalue weighted by atomic mass is 9.58. The van der Waals surface area contributed by atoms with Gasteiger partial charge in [0.1, 0.15) is 0 Å². The SMILES string of the molecule is CCC1CC2(C#N)CC(C2)N1C(=O)CC(C)c1nc2ccc(Cl)cc2s1. The molecule has 5 rings (SSSR count). The number of amides is 1. The minimum Gasteiger partial charge on any atom is -0.337 e. The van der Waals surface area contributed by atoms with Crippen molar-refractivity contribution in [1.29, 1.82) is 5.26 Å².